The second-order valence-corrected chi connectivity index (χ2v) is 4.96. The van der Waals surface area contributed by atoms with E-state index in [2.05, 4.69) is 34.3 Å². The summed E-state index contributed by atoms with van der Waals surface area (Å²) in [7, 11) is 1.90. The van der Waals surface area contributed by atoms with Gasteiger partial charge in [-0.1, -0.05) is 13.8 Å². The molecule has 0 aliphatic rings. The SMILES string of the molecule is CC(C)c1nnc(CNC(=O)c2cscn2)n1C. The average molecular weight is 265 g/mol. The normalized spacial score (nSPS) is 10.9. The van der Waals surface area contributed by atoms with E-state index < -0.39 is 0 Å². The van der Waals surface area contributed by atoms with Gasteiger partial charge in [0.05, 0.1) is 12.1 Å². The van der Waals surface area contributed by atoms with Crippen LogP contribution in [0.1, 0.15) is 41.9 Å². The number of hydrogen-bond donors (Lipinski definition) is 1. The fourth-order valence-electron chi connectivity index (χ4n) is 1.61. The van der Waals surface area contributed by atoms with Gasteiger partial charge < -0.3 is 9.88 Å². The predicted octanol–water partition coefficient (Wildman–Crippen LogP) is 1.32. The van der Waals surface area contributed by atoms with E-state index in [9.17, 15) is 4.79 Å². The summed E-state index contributed by atoms with van der Waals surface area (Å²) in [4.78, 5) is 15.7. The van der Waals surface area contributed by atoms with Crippen LogP contribution in [-0.4, -0.2) is 25.7 Å². The lowest BCUT2D eigenvalue weighted by Crippen LogP contribution is -2.24. The molecule has 0 aliphatic carbocycles. The Hall–Kier alpha value is -1.76. The highest BCUT2D eigenvalue weighted by Crippen LogP contribution is 2.11. The summed E-state index contributed by atoms with van der Waals surface area (Å²) < 4.78 is 1.91. The molecule has 0 bridgehead atoms. The lowest BCUT2D eigenvalue weighted by atomic mass is 10.2. The number of rotatable bonds is 4. The van der Waals surface area contributed by atoms with Crippen LogP contribution in [0.5, 0.6) is 0 Å². The summed E-state index contributed by atoms with van der Waals surface area (Å²) in [6.45, 7) is 4.47. The minimum Gasteiger partial charge on any atom is -0.343 e. The molecule has 2 heterocycles. The van der Waals surface area contributed by atoms with Crippen LogP contribution < -0.4 is 5.32 Å². The number of thiazole rings is 1. The summed E-state index contributed by atoms with van der Waals surface area (Å²) in [6, 6.07) is 0. The Morgan fingerprint density at radius 2 is 2.28 bits per heavy atom. The van der Waals surface area contributed by atoms with E-state index in [4.69, 9.17) is 0 Å². The van der Waals surface area contributed by atoms with Crippen molar-refractivity contribution in [3.63, 3.8) is 0 Å². The third-order valence-electron chi connectivity index (χ3n) is 2.59. The molecule has 0 radical (unpaired) electrons. The summed E-state index contributed by atoms with van der Waals surface area (Å²) in [5.41, 5.74) is 2.07. The molecule has 0 aliphatic heterocycles. The minimum atomic E-state index is -0.189. The number of carbonyl (C=O) groups is 1. The van der Waals surface area contributed by atoms with E-state index in [-0.39, 0.29) is 5.91 Å². The summed E-state index contributed by atoms with van der Waals surface area (Å²) in [5, 5.41) is 12.7. The van der Waals surface area contributed by atoms with Gasteiger partial charge >= 0.3 is 0 Å². The zero-order chi connectivity index (χ0) is 13.1. The van der Waals surface area contributed by atoms with Crippen LogP contribution in [0.4, 0.5) is 0 Å². The maximum atomic E-state index is 11.7. The Morgan fingerprint density at radius 3 is 2.83 bits per heavy atom. The highest BCUT2D eigenvalue weighted by atomic mass is 32.1. The Bertz CT molecular complexity index is 532. The number of nitrogens with one attached hydrogen (secondary N) is 1. The van der Waals surface area contributed by atoms with Crippen LogP contribution in [0.15, 0.2) is 10.9 Å². The number of hydrogen-bond acceptors (Lipinski definition) is 5. The van der Waals surface area contributed by atoms with Crippen LogP contribution in [0.25, 0.3) is 0 Å². The molecule has 18 heavy (non-hydrogen) atoms. The molecule has 2 aromatic heterocycles. The molecule has 1 N–H and O–H groups in total. The van der Waals surface area contributed by atoms with Gasteiger partial charge in [-0.2, -0.15) is 0 Å². The number of amides is 1. The molecule has 0 unspecified atom stereocenters. The molecule has 0 saturated carbocycles. The van der Waals surface area contributed by atoms with Crippen molar-refractivity contribution < 1.29 is 4.79 Å². The zero-order valence-electron chi connectivity index (χ0n) is 10.5. The summed E-state index contributed by atoms with van der Waals surface area (Å²) in [6.07, 6.45) is 0. The topological polar surface area (TPSA) is 72.7 Å². The molecular weight excluding hydrogens is 250 g/mol. The smallest absolute Gasteiger partial charge is 0.271 e. The monoisotopic (exact) mass is 265 g/mol. The molecule has 0 saturated heterocycles. The van der Waals surface area contributed by atoms with Crippen LogP contribution in [0.3, 0.4) is 0 Å². The largest absolute Gasteiger partial charge is 0.343 e. The van der Waals surface area contributed by atoms with Gasteiger partial charge in [-0.05, 0) is 0 Å². The first-order chi connectivity index (χ1) is 8.59. The van der Waals surface area contributed by atoms with E-state index in [0.29, 0.717) is 18.2 Å². The van der Waals surface area contributed by atoms with Gasteiger partial charge in [0.25, 0.3) is 5.91 Å². The molecule has 2 aromatic rings. The van der Waals surface area contributed by atoms with Crippen LogP contribution in [0, 0.1) is 0 Å². The molecule has 0 fully saturated rings. The molecule has 2 rings (SSSR count). The van der Waals surface area contributed by atoms with E-state index >= 15 is 0 Å². The summed E-state index contributed by atoms with van der Waals surface area (Å²) in [5.74, 6) is 1.77. The van der Waals surface area contributed by atoms with Crippen molar-refractivity contribution >= 4 is 17.2 Å². The zero-order valence-corrected chi connectivity index (χ0v) is 11.4. The predicted molar refractivity (Wildman–Crippen MR) is 68.4 cm³/mol. The second-order valence-electron chi connectivity index (χ2n) is 4.24. The Kier molecular flexibility index (Phi) is 3.71. The molecule has 6 nitrogen and oxygen atoms in total. The maximum Gasteiger partial charge on any atom is 0.271 e. The molecule has 7 heteroatoms. The van der Waals surface area contributed by atoms with Gasteiger partial charge in [0, 0.05) is 18.3 Å². The Morgan fingerprint density at radius 1 is 1.50 bits per heavy atom. The highest BCUT2D eigenvalue weighted by molar-refractivity contribution is 7.07. The molecular formula is C11H15N5OS. The Balaban J connectivity index is 2.01. The van der Waals surface area contributed by atoms with Crippen molar-refractivity contribution in [1.29, 1.82) is 0 Å². The molecule has 96 valence electrons. The number of carbonyl (C=O) groups excluding carboxylic acids is 1. The van der Waals surface area contributed by atoms with Gasteiger partial charge in [0.15, 0.2) is 5.82 Å². The van der Waals surface area contributed by atoms with Crippen LogP contribution in [0.2, 0.25) is 0 Å². The van der Waals surface area contributed by atoms with Crippen LogP contribution >= 0.6 is 11.3 Å². The van der Waals surface area contributed by atoms with Crippen molar-refractivity contribution in [2.24, 2.45) is 7.05 Å². The van der Waals surface area contributed by atoms with Gasteiger partial charge in [-0.15, -0.1) is 21.5 Å². The van der Waals surface area contributed by atoms with Gasteiger partial charge in [-0.3, -0.25) is 4.79 Å². The van der Waals surface area contributed by atoms with Gasteiger partial charge in [-0.25, -0.2) is 4.98 Å². The van der Waals surface area contributed by atoms with Crippen molar-refractivity contribution in [2.45, 2.75) is 26.3 Å². The van der Waals surface area contributed by atoms with Crippen molar-refractivity contribution in [1.82, 2.24) is 25.1 Å². The summed E-state index contributed by atoms with van der Waals surface area (Å²) >= 11 is 1.40. The van der Waals surface area contributed by atoms with Crippen molar-refractivity contribution in [3.8, 4) is 0 Å². The molecule has 0 aromatic carbocycles. The van der Waals surface area contributed by atoms with Crippen molar-refractivity contribution in [2.75, 3.05) is 0 Å². The second kappa shape index (κ2) is 5.26. The van der Waals surface area contributed by atoms with E-state index in [1.165, 1.54) is 11.3 Å². The maximum absolute atomic E-state index is 11.7. The van der Waals surface area contributed by atoms with E-state index in [1.54, 1.807) is 10.9 Å². The van der Waals surface area contributed by atoms with Gasteiger partial charge in [0.1, 0.15) is 11.5 Å². The quantitative estimate of drug-likeness (QED) is 0.905. The highest BCUT2D eigenvalue weighted by Gasteiger charge is 2.13. The lowest BCUT2D eigenvalue weighted by Gasteiger charge is -2.06. The first-order valence-corrected chi connectivity index (χ1v) is 6.58. The number of aromatic nitrogens is 4. The Labute approximate surface area is 109 Å². The van der Waals surface area contributed by atoms with Crippen molar-refractivity contribution in [3.05, 3.63) is 28.2 Å². The molecule has 0 spiro atoms. The third-order valence-corrected chi connectivity index (χ3v) is 3.17. The lowest BCUT2D eigenvalue weighted by molar-refractivity contribution is 0.0945. The average Bonchev–Trinajstić information content (AvgIpc) is 2.95. The first kappa shape index (κ1) is 12.7. The molecule has 0 atom stereocenters. The fraction of sp³-hybridized carbons (Fsp3) is 0.455. The standard InChI is InChI=1S/C11H15N5OS/c1-7(2)10-15-14-9(16(10)3)4-12-11(17)8-5-18-6-13-8/h5-7H,4H2,1-3H3,(H,12,17). The third kappa shape index (κ3) is 2.56. The van der Waals surface area contributed by atoms with Crippen LogP contribution in [-0.2, 0) is 13.6 Å². The van der Waals surface area contributed by atoms with E-state index in [1.807, 2.05) is 11.6 Å². The minimum absolute atomic E-state index is 0.189. The van der Waals surface area contributed by atoms with E-state index in [0.717, 1.165) is 11.6 Å². The fourth-order valence-corrected chi connectivity index (χ4v) is 2.14. The first-order valence-electron chi connectivity index (χ1n) is 5.64. The molecule has 1 amide bonds. The van der Waals surface area contributed by atoms with Gasteiger partial charge in [0.2, 0.25) is 0 Å². The number of nitrogens with zero attached hydrogens (tertiary/aromatic N) is 4.